The van der Waals surface area contributed by atoms with Crippen molar-refractivity contribution in [3.8, 4) is 0 Å². The molecular weight excluding hydrogens is 305 g/mol. The topological polar surface area (TPSA) is 39.7 Å². The second-order valence-corrected chi connectivity index (χ2v) is 5.83. The van der Waals surface area contributed by atoms with Crippen molar-refractivity contribution >= 4 is 5.96 Å². The van der Waals surface area contributed by atoms with Gasteiger partial charge in [-0.25, -0.2) is 0 Å². The summed E-state index contributed by atoms with van der Waals surface area (Å²) in [5.41, 5.74) is 2.35. The van der Waals surface area contributed by atoms with Crippen LogP contribution in [0, 0.1) is 6.92 Å². The van der Waals surface area contributed by atoms with Crippen LogP contribution in [0.25, 0.3) is 0 Å². The monoisotopic (exact) mass is 328 g/mol. The molecule has 2 rings (SSSR count). The van der Waals surface area contributed by atoms with Crippen LogP contribution in [0.1, 0.15) is 17.5 Å². The summed E-state index contributed by atoms with van der Waals surface area (Å²) in [6.07, 6.45) is -3.46. The number of likely N-dealkylation sites (tertiary alicyclic amines) is 1. The van der Waals surface area contributed by atoms with Gasteiger partial charge < -0.3 is 10.6 Å². The Hall–Kier alpha value is -1.76. The Balaban J connectivity index is 1.81. The molecule has 1 aliphatic heterocycles. The number of aryl methyl sites for hydroxylation is 1. The maximum absolute atomic E-state index is 12.4. The number of nitrogens with one attached hydrogen (secondary N) is 2. The van der Waals surface area contributed by atoms with Gasteiger partial charge in [-0.1, -0.05) is 24.3 Å². The molecule has 23 heavy (non-hydrogen) atoms. The normalized spacial score (nSPS) is 19.9. The summed E-state index contributed by atoms with van der Waals surface area (Å²) in [5, 5.41) is 6.42. The maximum Gasteiger partial charge on any atom is 0.401 e. The first kappa shape index (κ1) is 17.6. The van der Waals surface area contributed by atoms with E-state index in [1.165, 1.54) is 16.0 Å². The molecule has 1 aromatic rings. The molecule has 1 aliphatic rings. The van der Waals surface area contributed by atoms with Gasteiger partial charge in [-0.3, -0.25) is 9.89 Å². The number of nitrogens with zero attached hydrogens (tertiary/aromatic N) is 2. The van der Waals surface area contributed by atoms with Crippen LogP contribution in [0.15, 0.2) is 29.3 Å². The maximum atomic E-state index is 12.4. The highest BCUT2D eigenvalue weighted by Gasteiger charge is 2.34. The fraction of sp³-hybridized carbons (Fsp3) is 0.562. The van der Waals surface area contributed by atoms with E-state index >= 15 is 0 Å². The van der Waals surface area contributed by atoms with Gasteiger partial charge in [0.25, 0.3) is 0 Å². The lowest BCUT2D eigenvalue weighted by atomic mass is 10.1. The molecule has 0 radical (unpaired) electrons. The number of alkyl halides is 3. The molecule has 1 heterocycles. The summed E-state index contributed by atoms with van der Waals surface area (Å²) in [6, 6.07) is 8.03. The molecule has 4 nitrogen and oxygen atoms in total. The average Bonchev–Trinajstić information content (AvgIpc) is 2.90. The molecule has 0 aliphatic carbocycles. The van der Waals surface area contributed by atoms with Crippen LogP contribution in [0.3, 0.4) is 0 Å². The molecule has 1 fully saturated rings. The molecule has 1 atom stereocenters. The van der Waals surface area contributed by atoms with Crippen LogP contribution < -0.4 is 10.6 Å². The lowest BCUT2D eigenvalue weighted by Crippen LogP contribution is -2.45. The lowest BCUT2D eigenvalue weighted by Gasteiger charge is -2.20. The summed E-state index contributed by atoms with van der Waals surface area (Å²) >= 11 is 0. The summed E-state index contributed by atoms with van der Waals surface area (Å²) in [5.74, 6) is 0.618. The van der Waals surface area contributed by atoms with E-state index in [1.807, 2.05) is 31.2 Å². The molecule has 0 aromatic heterocycles. The predicted molar refractivity (Wildman–Crippen MR) is 85.4 cm³/mol. The summed E-state index contributed by atoms with van der Waals surface area (Å²) in [7, 11) is 1.66. The van der Waals surface area contributed by atoms with Gasteiger partial charge in [0, 0.05) is 32.7 Å². The molecule has 0 bridgehead atoms. The van der Waals surface area contributed by atoms with Gasteiger partial charge >= 0.3 is 6.18 Å². The van der Waals surface area contributed by atoms with Crippen molar-refractivity contribution in [2.24, 2.45) is 4.99 Å². The average molecular weight is 328 g/mol. The van der Waals surface area contributed by atoms with E-state index in [0.717, 1.165) is 0 Å². The van der Waals surface area contributed by atoms with Crippen LogP contribution in [0.2, 0.25) is 0 Å². The van der Waals surface area contributed by atoms with Crippen molar-refractivity contribution in [3.05, 3.63) is 35.4 Å². The zero-order valence-corrected chi connectivity index (χ0v) is 13.5. The molecule has 7 heteroatoms. The number of rotatable bonds is 4. The Morgan fingerprint density at radius 2 is 2.09 bits per heavy atom. The molecule has 0 spiro atoms. The minimum absolute atomic E-state index is 0.0135. The predicted octanol–water partition coefficient (Wildman–Crippen LogP) is 2.30. The van der Waals surface area contributed by atoms with Gasteiger partial charge in [0.15, 0.2) is 5.96 Å². The summed E-state index contributed by atoms with van der Waals surface area (Å²) in [6.45, 7) is 2.65. The highest BCUT2D eigenvalue weighted by atomic mass is 19.4. The Labute approximate surface area is 134 Å². The Morgan fingerprint density at radius 3 is 2.74 bits per heavy atom. The van der Waals surface area contributed by atoms with Crippen molar-refractivity contribution in [3.63, 3.8) is 0 Å². The minimum atomic E-state index is -4.14. The Kier molecular flexibility index (Phi) is 5.87. The number of benzene rings is 1. The first-order valence-corrected chi connectivity index (χ1v) is 7.68. The van der Waals surface area contributed by atoms with Crippen molar-refractivity contribution in [1.29, 1.82) is 0 Å². The Morgan fingerprint density at radius 1 is 1.35 bits per heavy atom. The van der Waals surface area contributed by atoms with E-state index in [0.29, 0.717) is 32.0 Å². The minimum Gasteiger partial charge on any atom is -0.352 e. The molecule has 1 unspecified atom stereocenters. The molecule has 1 saturated heterocycles. The zero-order valence-electron chi connectivity index (χ0n) is 13.5. The van der Waals surface area contributed by atoms with Gasteiger partial charge in [-0.05, 0) is 24.5 Å². The van der Waals surface area contributed by atoms with Gasteiger partial charge in [0.05, 0.1) is 6.54 Å². The largest absolute Gasteiger partial charge is 0.401 e. The fourth-order valence-electron chi connectivity index (χ4n) is 2.72. The number of guanidine groups is 1. The van der Waals surface area contributed by atoms with E-state index in [9.17, 15) is 13.2 Å². The third-order valence-corrected chi connectivity index (χ3v) is 3.95. The zero-order chi connectivity index (χ0) is 16.9. The van der Waals surface area contributed by atoms with E-state index in [2.05, 4.69) is 15.6 Å². The first-order chi connectivity index (χ1) is 10.9. The molecule has 128 valence electrons. The van der Waals surface area contributed by atoms with Crippen LogP contribution >= 0.6 is 0 Å². The van der Waals surface area contributed by atoms with Gasteiger partial charge in [0.1, 0.15) is 0 Å². The van der Waals surface area contributed by atoms with Crippen LogP contribution in [0.4, 0.5) is 13.2 Å². The highest BCUT2D eigenvalue weighted by Crippen LogP contribution is 2.19. The molecule has 0 amide bonds. The quantitative estimate of drug-likeness (QED) is 0.658. The SMILES string of the molecule is CN=C(NCc1ccccc1C)NC1CCN(CC(F)(F)F)C1. The van der Waals surface area contributed by atoms with Crippen LogP contribution in [0.5, 0.6) is 0 Å². The highest BCUT2D eigenvalue weighted by molar-refractivity contribution is 5.80. The number of aliphatic imine (C=N–C) groups is 1. The van der Waals surface area contributed by atoms with Crippen molar-refractivity contribution in [2.75, 3.05) is 26.7 Å². The van der Waals surface area contributed by atoms with E-state index < -0.39 is 12.7 Å². The van der Waals surface area contributed by atoms with Crippen molar-refractivity contribution in [2.45, 2.75) is 32.1 Å². The number of halogens is 3. The molecule has 1 aromatic carbocycles. The second-order valence-electron chi connectivity index (χ2n) is 5.83. The second kappa shape index (κ2) is 7.68. The van der Waals surface area contributed by atoms with Crippen LogP contribution in [-0.2, 0) is 6.54 Å². The summed E-state index contributed by atoms with van der Waals surface area (Å²) < 4.78 is 37.2. The standard InChI is InChI=1S/C16H23F3N4/c1-12-5-3-4-6-13(12)9-21-15(20-2)22-14-7-8-23(10-14)11-16(17,18)19/h3-6,14H,7-11H2,1-2H3,(H2,20,21,22). The van der Waals surface area contributed by atoms with Gasteiger partial charge in [-0.15, -0.1) is 0 Å². The van der Waals surface area contributed by atoms with Crippen molar-refractivity contribution < 1.29 is 13.2 Å². The van der Waals surface area contributed by atoms with E-state index in [-0.39, 0.29) is 6.04 Å². The molecule has 0 saturated carbocycles. The van der Waals surface area contributed by atoms with Crippen LogP contribution in [-0.4, -0.2) is 49.8 Å². The van der Waals surface area contributed by atoms with Gasteiger partial charge in [-0.2, -0.15) is 13.2 Å². The lowest BCUT2D eigenvalue weighted by molar-refractivity contribution is -0.143. The smallest absolute Gasteiger partial charge is 0.352 e. The van der Waals surface area contributed by atoms with Gasteiger partial charge in [0.2, 0.25) is 0 Å². The third-order valence-electron chi connectivity index (χ3n) is 3.95. The molecular formula is C16H23F3N4. The number of hydrogen-bond donors (Lipinski definition) is 2. The summed E-state index contributed by atoms with van der Waals surface area (Å²) in [4.78, 5) is 5.57. The Bertz CT molecular complexity index is 542. The van der Waals surface area contributed by atoms with E-state index in [4.69, 9.17) is 0 Å². The van der Waals surface area contributed by atoms with E-state index in [1.54, 1.807) is 7.05 Å². The third kappa shape index (κ3) is 5.74. The number of hydrogen-bond acceptors (Lipinski definition) is 2. The molecule has 2 N–H and O–H groups in total. The first-order valence-electron chi connectivity index (χ1n) is 7.68. The van der Waals surface area contributed by atoms with Crippen molar-refractivity contribution in [1.82, 2.24) is 15.5 Å². The fourth-order valence-corrected chi connectivity index (χ4v) is 2.72.